The van der Waals surface area contributed by atoms with Crippen LogP contribution in [0, 0.1) is 0 Å². The van der Waals surface area contributed by atoms with E-state index in [0.29, 0.717) is 5.56 Å². The third-order valence-corrected chi connectivity index (χ3v) is 3.51. The first-order valence-corrected chi connectivity index (χ1v) is 7.50. The van der Waals surface area contributed by atoms with E-state index in [4.69, 9.17) is 4.74 Å². The SMILES string of the molecule is CC(OC(=O)c1ccc2ncsc2c1)C(=O)NC(C)(C)C. The van der Waals surface area contributed by atoms with Crippen LogP contribution in [0.4, 0.5) is 0 Å². The maximum absolute atomic E-state index is 12.1. The zero-order valence-electron chi connectivity index (χ0n) is 12.5. The number of carbonyl (C=O) groups is 2. The molecule has 0 aliphatic rings. The summed E-state index contributed by atoms with van der Waals surface area (Å²) in [5.41, 5.74) is 2.62. The van der Waals surface area contributed by atoms with Gasteiger partial charge in [-0.1, -0.05) is 0 Å². The van der Waals surface area contributed by atoms with Gasteiger partial charge >= 0.3 is 5.97 Å². The smallest absolute Gasteiger partial charge is 0.338 e. The number of fused-ring (bicyclic) bond motifs is 1. The number of carbonyl (C=O) groups excluding carboxylic acids is 2. The summed E-state index contributed by atoms with van der Waals surface area (Å²) in [6.45, 7) is 7.18. The third-order valence-electron chi connectivity index (χ3n) is 2.72. The van der Waals surface area contributed by atoms with E-state index >= 15 is 0 Å². The van der Waals surface area contributed by atoms with Crippen molar-refractivity contribution in [3.63, 3.8) is 0 Å². The largest absolute Gasteiger partial charge is 0.449 e. The fourth-order valence-corrected chi connectivity index (χ4v) is 2.45. The molecular weight excluding hydrogens is 288 g/mol. The van der Waals surface area contributed by atoms with Crippen LogP contribution in [-0.2, 0) is 9.53 Å². The topological polar surface area (TPSA) is 68.3 Å². The zero-order valence-corrected chi connectivity index (χ0v) is 13.3. The van der Waals surface area contributed by atoms with E-state index in [1.54, 1.807) is 30.6 Å². The number of esters is 1. The van der Waals surface area contributed by atoms with E-state index in [-0.39, 0.29) is 11.4 Å². The number of hydrogen-bond donors (Lipinski definition) is 1. The number of rotatable bonds is 3. The van der Waals surface area contributed by atoms with Crippen LogP contribution in [0.3, 0.4) is 0 Å². The standard InChI is InChI=1S/C15H18N2O3S/c1-9(13(18)17-15(2,3)4)20-14(19)10-5-6-11-12(7-10)21-8-16-11/h5-9H,1-4H3,(H,17,18). The van der Waals surface area contributed by atoms with Gasteiger partial charge in [-0.25, -0.2) is 9.78 Å². The van der Waals surface area contributed by atoms with E-state index in [1.165, 1.54) is 11.3 Å². The van der Waals surface area contributed by atoms with Gasteiger partial charge in [0, 0.05) is 5.54 Å². The third kappa shape index (κ3) is 4.01. The Kier molecular flexibility index (Phi) is 4.27. The van der Waals surface area contributed by atoms with Crippen LogP contribution in [-0.4, -0.2) is 28.5 Å². The predicted octanol–water partition coefficient (Wildman–Crippen LogP) is 2.76. The van der Waals surface area contributed by atoms with Gasteiger partial charge in [-0.05, 0) is 45.9 Å². The molecule has 0 spiro atoms. The van der Waals surface area contributed by atoms with E-state index in [1.807, 2.05) is 20.8 Å². The number of nitrogens with zero attached hydrogens (tertiary/aromatic N) is 1. The second-order valence-corrected chi connectivity index (χ2v) is 6.71. The van der Waals surface area contributed by atoms with E-state index in [0.717, 1.165) is 10.2 Å². The molecule has 2 rings (SSSR count). The maximum Gasteiger partial charge on any atom is 0.338 e. The molecule has 1 heterocycles. The number of hydrogen-bond acceptors (Lipinski definition) is 5. The number of ether oxygens (including phenoxy) is 1. The van der Waals surface area contributed by atoms with Crippen LogP contribution < -0.4 is 5.32 Å². The van der Waals surface area contributed by atoms with Gasteiger partial charge in [-0.15, -0.1) is 11.3 Å². The molecule has 2 aromatic rings. The van der Waals surface area contributed by atoms with Crippen LogP contribution in [0.1, 0.15) is 38.1 Å². The highest BCUT2D eigenvalue weighted by Gasteiger charge is 2.23. The molecular formula is C15H18N2O3S. The number of aromatic nitrogens is 1. The number of amides is 1. The Labute approximate surface area is 127 Å². The lowest BCUT2D eigenvalue weighted by Crippen LogP contribution is -2.46. The molecule has 0 fully saturated rings. The van der Waals surface area contributed by atoms with Crippen LogP contribution >= 0.6 is 11.3 Å². The maximum atomic E-state index is 12.1. The monoisotopic (exact) mass is 306 g/mol. The lowest BCUT2D eigenvalue weighted by Gasteiger charge is -2.23. The van der Waals surface area contributed by atoms with Crippen molar-refractivity contribution in [2.45, 2.75) is 39.3 Å². The summed E-state index contributed by atoms with van der Waals surface area (Å²) < 4.78 is 6.12. The molecule has 0 saturated carbocycles. The summed E-state index contributed by atoms with van der Waals surface area (Å²) >= 11 is 1.45. The number of nitrogens with one attached hydrogen (secondary N) is 1. The first-order valence-electron chi connectivity index (χ1n) is 6.62. The molecule has 5 nitrogen and oxygen atoms in total. The van der Waals surface area contributed by atoms with Crippen molar-refractivity contribution in [3.05, 3.63) is 29.3 Å². The van der Waals surface area contributed by atoms with Crippen LogP contribution in [0.15, 0.2) is 23.7 Å². The van der Waals surface area contributed by atoms with Crippen molar-refractivity contribution in [3.8, 4) is 0 Å². The van der Waals surface area contributed by atoms with Crippen molar-refractivity contribution in [1.29, 1.82) is 0 Å². The molecule has 1 aromatic carbocycles. The van der Waals surface area contributed by atoms with Crippen molar-refractivity contribution >= 4 is 33.4 Å². The van der Waals surface area contributed by atoms with Gasteiger partial charge in [0.05, 0.1) is 21.3 Å². The fraction of sp³-hybridized carbons (Fsp3) is 0.400. The average Bonchev–Trinajstić information content (AvgIpc) is 2.83. The second kappa shape index (κ2) is 5.81. The minimum Gasteiger partial charge on any atom is -0.449 e. The van der Waals surface area contributed by atoms with Crippen LogP contribution in [0.5, 0.6) is 0 Å². The Bertz CT molecular complexity index is 673. The minimum atomic E-state index is -0.839. The molecule has 1 N–H and O–H groups in total. The first-order chi connectivity index (χ1) is 9.76. The number of thiazole rings is 1. The van der Waals surface area contributed by atoms with Crippen LogP contribution in [0.25, 0.3) is 10.2 Å². The molecule has 0 aliphatic heterocycles. The highest BCUT2D eigenvalue weighted by Crippen LogP contribution is 2.19. The van der Waals surface area contributed by atoms with Crippen LogP contribution in [0.2, 0.25) is 0 Å². The Balaban J connectivity index is 2.04. The predicted molar refractivity (Wildman–Crippen MR) is 82.4 cm³/mol. The summed E-state index contributed by atoms with van der Waals surface area (Å²) in [5.74, 6) is -0.823. The highest BCUT2D eigenvalue weighted by atomic mass is 32.1. The van der Waals surface area contributed by atoms with Gasteiger partial charge < -0.3 is 10.1 Å². The van der Waals surface area contributed by atoms with Crippen molar-refractivity contribution in [1.82, 2.24) is 10.3 Å². The molecule has 1 aromatic heterocycles. The Morgan fingerprint density at radius 3 is 2.71 bits per heavy atom. The fourth-order valence-electron chi connectivity index (χ4n) is 1.74. The van der Waals surface area contributed by atoms with Gasteiger partial charge in [0.2, 0.25) is 0 Å². The van der Waals surface area contributed by atoms with E-state index in [9.17, 15) is 9.59 Å². The average molecular weight is 306 g/mol. The Morgan fingerprint density at radius 2 is 2.05 bits per heavy atom. The molecule has 1 atom stereocenters. The molecule has 0 saturated heterocycles. The summed E-state index contributed by atoms with van der Waals surface area (Å²) in [7, 11) is 0. The molecule has 1 unspecified atom stereocenters. The molecule has 0 radical (unpaired) electrons. The highest BCUT2D eigenvalue weighted by molar-refractivity contribution is 7.16. The second-order valence-electron chi connectivity index (χ2n) is 5.82. The lowest BCUT2D eigenvalue weighted by atomic mass is 10.1. The minimum absolute atomic E-state index is 0.310. The number of benzene rings is 1. The van der Waals surface area contributed by atoms with Crippen molar-refractivity contribution in [2.24, 2.45) is 0 Å². The van der Waals surface area contributed by atoms with Gasteiger partial charge in [0.1, 0.15) is 0 Å². The van der Waals surface area contributed by atoms with Gasteiger partial charge in [-0.3, -0.25) is 4.79 Å². The summed E-state index contributed by atoms with van der Waals surface area (Å²) in [5, 5.41) is 2.78. The summed E-state index contributed by atoms with van der Waals surface area (Å²) in [6, 6.07) is 5.14. The van der Waals surface area contributed by atoms with Gasteiger partial charge in [0.15, 0.2) is 6.10 Å². The Hall–Kier alpha value is -1.95. The quantitative estimate of drug-likeness (QED) is 0.885. The molecule has 112 valence electrons. The molecule has 21 heavy (non-hydrogen) atoms. The summed E-state index contributed by atoms with van der Waals surface area (Å²) in [6.07, 6.45) is -0.839. The normalized spacial score (nSPS) is 13.0. The van der Waals surface area contributed by atoms with Crippen molar-refractivity contribution < 1.29 is 14.3 Å². The van der Waals surface area contributed by atoms with E-state index in [2.05, 4.69) is 10.3 Å². The molecule has 6 heteroatoms. The lowest BCUT2D eigenvalue weighted by molar-refractivity contribution is -0.130. The van der Waals surface area contributed by atoms with Crippen molar-refractivity contribution in [2.75, 3.05) is 0 Å². The molecule has 0 aliphatic carbocycles. The molecule has 0 bridgehead atoms. The first kappa shape index (κ1) is 15.4. The van der Waals surface area contributed by atoms with Gasteiger partial charge in [0.25, 0.3) is 5.91 Å². The van der Waals surface area contributed by atoms with Gasteiger partial charge in [-0.2, -0.15) is 0 Å². The van der Waals surface area contributed by atoms with E-state index < -0.39 is 12.1 Å². The Morgan fingerprint density at radius 1 is 1.33 bits per heavy atom. The molecule has 1 amide bonds. The summed E-state index contributed by atoms with van der Waals surface area (Å²) in [4.78, 5) is 28.1. The zero-order chi connectivity index (χ0) is 15.6.